The highest BCUT2D eigenvalue weighted by atomic mass is 31.2. The summed E-state index contributed by atoms with van der Waals surface area (Å²) in [5.74, 6) is -0.558. The zero-order valence-corrected chi connectivity index (χ0v) is 69.4. The smallest absolute Gasteiger partial charge is 0.462 e. The van der Waals surface area contributed by atoms with E-state index in [9.17, 15) is 43.2 Å². The molecule has 0 saturated carbocycles. The van der Waals surface area contributed by atoms with Crippen molar-refractivity contribution in [2.45, 2.75) is 464 Å². The lowest BCUT2D eigenvalue weighted by atomic mass is 9.99. The average molecular weight is 1510 g/mol. The molecule has 0 saturated heterocycles. The average Bonchev–Trinajstić information content (AvgIpc) is 0.908. The van der Waals surface area contributed by atoms with Crippen LogP contribution in [-0.4, -0.2) is 96.7 Å². The topological polar surface area (TPSA) is 237 Å². The Hall–Kier alpha value is -1.94. The number of carbonyl (C=O) groups is 4. The largest absolute Gasteiger partial charge is 0.472 e. The van der Waals surface area contributed by atoms with Crippen molar-refractivity contribution in [2.24, 2.45) is 11.8 Å². The number of carbonyl (C=O) groups excluding carboxylic acids is 4. The third-order valence-electron chi connectivity index (χ3n) is 20.1. The first-order valence-electron chi connectivity index (χ1n) is 43.5. The monoisotopic (exact) mass is 1510 g/mol. The minimum Gasteiger partial charge on any atom is -0.462 e. The molecule has 0 fully saturated rings. The van der Waals surface area contributed by atoms with E-state index in [0.717, 1.165) is 102 Å². The Morgan fingerprint density at radius 1 is 0.282 bits per heavy atom. The summed E-state index contributed by atoms with van der Waals surface area (Å²) in [6.07, 6.45) is 67.0. The summed E-state index contributed by atoms with van der Waals surface area (Å²) in [6.45, 7) is 9.62. The maximum Gasteiger partial charge on any atom is 0.472 e. The first kappa shape index (κ1) is 101. The predicted molar refractivity (Wildman–Crippen MR) is 423 cm³/mol. The van der Waals surface area contributed by atoms with Crippen molar-refractivity contribution in [2.75, 3.05) is 39.6 Å². The number of esters is 4. The van der Waals surface area contributed by atoms with Crippen molar-refractivity contribution in [1.82, 2.24) is 0 Å². The van der Waals surface area contributed by atoms with E-state index >= 15 is 0 Å². The molecule has 0 aliphatic heterocycles. The van der Waals surface area contributed by atoms with Crippen LogP contribution in [0.3, 0.4) is 0 Å². The minimum atomic E-state index is -4.96. The second-order valence-corrected chi connectivity index (χ2v) is 33.8. The van der Waals surface area contributed by atoms with Crippen molar-refractivity contribution in [3.63, 3.8) is 0 Å². The van der Waals surface area contributed by atoms with Crippen LogP contribution in [0.4, 0.5) is 0 Å². The van der Waals surface area contributed by atoms with Crippen molar-refractivity contribution < 1.29 is 80.2 Å². The van der Waals surface area contributed by atoms with Crippen LogP contribution < -0.4 is 0 Å². The van der Waals surface area contributed by atoms with Gasteiger partial charge in [0, 0.05) is 25.7 Å². The summed E-state index contributed by atoms with van der Waals surface area (Å²) >= 11 is 0. The minimum absolute atomic E-state index is 0.106. The first-order valence-corrected chi connectivity index (χ1v) is 46.5. The lowest BCUT2D eigenvalue weighted by Gasteiger charge is -2.21. The fourth-order valence-corrected chi connectivity index (χ4v) is 14.6. The van der Waals surface area contributed by atoms with Gasteiger partial charge in [0.1, 0.15) is 19.3 Å². The Balaban J connectivity index is 5.17. The summed E-state index contributed by atoms with van der Waals surface area (Å²) in [5, 5.41) is 10.6. The molecule has 0 aromatic rings. The zero-order chi connectivity index (χ0) is 75.6. The van der Waals surface area contributed by atoms with E-state index in [0.29, 0.717) is 31.6 Å². The molecule has 103 heavy (non-hydrogen) atoms. The van der Waals surface area contributed by atoms with Crippen LogP contribution in [0.2, 0.25) is 0 Å². The molecule has 0 rings (SSSR count). The van der Waals surface area contributed by atoms with Crippen LogP contribution in [0.1, 0.15) is 446 Å². The molecule has 17 nitrogen and oxygen atoms in total. The van der Waals surface area contributed by atoms with Crippen LogP contribution in [0.15, 0.2) is 0 Å². The van der Waals surface area contributed by atoms with Gasteiger partial charge in [-0.25, -0.2) is 9.13 Å². The molecule has 612 valence electrons. The van der Waals surface area contributed by atoms with Crippen LogP contribution >= 0.6 is 15.6 Å². The van der Waals surface area contributed by atoms with Crippen LogP contribution in [0, 0.1) is 11.8 Å². The lowest BCUT2D eigenvalue weighted by molar-refractivity contribution is -0.161. The number of phosphoric ester groups is 2. The highest BCUT2D eigenvalue weighted by Crippen LogP contribution is 2.45. The Bertz CT molecular complexity index is 1980. The van der Waals surface area contributed by atoms with Gasteiger partial charge in [0.25, 0.3) is 0 Å². The number of hydrogen-bond donors (Lipinski definition) is 3. The van der Waals surface area contributed by atoms with E-state index in [2.05, 4.69) is 41.5 Å². The van der Waals surface area contributed by atoms with Crippen LogP contribution in [-0.2, 0) is 65.4 Å². The van der Waals surface area contributed by atoms with E-state index in [1.807, 2.05) is 0 Å². The van der Waals surface area contributed by atoms with E-state index in [-0.39, 0.29) is 25.7 Å². The van der Waals surface area contributed by atoms with Gasteiger partial charge in [-0.3, -0.25) is 37.3 Å². The van der Waals surface area contributed by atoms with E-state index in [1.54, 1.807) is 0 Å². The zero-order valence-electron chi connectivity index (χ0n) is 67.6. The molecule has 0 bridgehead atoms. The van der Waals surface area contributed by atoms with E-state index in [1.165, 1.54) is 257 Å². The van der Waals surface area contributed by atoms with Crippen LogP contribution in [0.25, 0.3) is 0 Å². The number of phosphoric acid groups is 2. The van der Waals surface area contributed by atoms with Gasteiger partial charge in [-0.15, -0.1) is 0 Å². The molecular formula is C84H164O17P2. The molecule has 6 atom stereocenters. The molecule has 0 aromatic heterocycles. The number of aliphatic hydroxyl groups excluding tert-OH is 1. The van der Waals surface area contributed by atoms with Gasteiger partial charge in [-0.2, -0.15) is 0 Å². The van der Waals surface area contributed by atoms with Gasteiger partial charge in [-0.1, -0.05) is 395 Å². The van der Waals surface area contributed by atoms with Gasteiger partial charge in [0.05, 0.1) is 26.4 Å². The van der Waals surface area contributed by atoms with Gasteiger partial charge in [0.15, 0.2) is 12.2 Å². The number of ether oxygens (including phenoxy) is 4. The molecule has 3 N–H and O–H groups in total. The molecule has 0 aliphatic rings. The molecule has 0 spiro atoms. The van der Waals surface area contributed by atoms with Gasteiger partial charge in [-0.05, 0) is 37.5 Å². The number of hydrogen-bond acceptors (Lipinski definition) is 15. The quantitative estimate of drug-likeness (QED) is 0.0222. The standard InChI is InChI=1S/C84H164O17P2/c1-7-10-12-14-16-18-20-21-22-23-24-25-26-30-33-36-40-43-47-54-60-66-81(86)94-72-79(100-84(89)69-63-57-49-45-41-37-34-31-28-27-29-32-35-39-42-46-53-59-65-77(6)9-3)74-98-102(90,91)96-70-78(85)71-97-103(92,93)99-75-80(73-95-82(87)67-61-55-51-50-52-58-64-76(4)5)101-83(88)68-62-56-48-44-38-19-17-15-13-11-8-2/h76-80,85H,7-75H2,1-6H3,(H,90,91)(H,92,93)/t77?,78-,79-,80-/m1/s1. The number of unbranched alkanes of at least 4 members (excludes halogenated alkanes) is 52. The van der Waals surface area contributed by atoms with Gasteiger partial charge < -0.3 is 33.8 Å². The predicted octanol–water partition coefficient (Wildman–Crippen LogP) is 25.5. The Kier molecular flexibility index (Phi) is 74.1. The van der Waals surface area contributed by atoms with Crippen molar-refractivity contribution in [1.29, 1.82) is 0 Å². The molecule has 0 amide bonds. The summed E-state index contributed by atoms with van der Waals surface area (Å²) in [4.78, 5) is 73.0. The second kappa shape index (κ2) is 75.5. The summed E-state index contributed by atoms with van der Waals surface area (Å²) < 4.78 is 68.7. The lowest BCUT2D eigenvalue weighted by Crippen LogP contribution is -2.30. The van der Waals surface area contributed by atoms with Gasteiger partial charge >= 0.3 is 39.5 Å². The maximum absolute atomic E-state index is 13.1. The third-order valence-corrected chi connectivity index (χ3v) is 22.0. The summed E-state index contributed by atoms with van der Waals surface area (Å²) in [5.41, 5.74) is 0. The van der Waals surface area contributed by atoms with Crippen molar-refractivity contribution >= 4 is 39.5 Å². The first-order chi connectivity index (χ1) is 49.9. The molecule has 0 radical (unpaired) electrons. The fourth-order valence-electron chi connectivity index (χ4n) is 13.0. The van der Waals surface area contributed by atoms with Crippen molar-refractivity contribution in [3.8, 4) is 0 Å². The molecule has 0 aliphatic carbocycles. The Labute approximate surface area is 632 Å². The number of rotatable bonds is 83. The van der Waals surface area contributed by atoms with E-state index in [4.69, 9.17) is 37.0 Å². The third kappa shape index (κ3) is 76.6. The maximum atomic E-state index is 13.1. The van der Waals surface area contributed by atoms with Gasteiger partial charge in [0.2, 0.25) is 0 Å². The Morgan fingerprint density at radius 2 is 0.495 bits per heavy atom. The highest BCUT2D eigenvalue weighted by molar-refractivity contribution is 7.47. The molecular weight excluding hydrogens is 1340 g/mol. The van der Waals surface area contributed by atoms with Crippen molar-refractivity contribution in [3.05, 3.63) is 0 Å². The summed E-state index contributed by atoms with van der Waals surface area (Å²) in [6, 6.07) is 0. The molecule has 0 heterocycles. The normalized spacial score (nSPS) is 14.1. The second-order valence-electron chi connectivity index (χ2n) is 30.9. The molecule has 0 aromatic carbocycles. The van der Waals surface area contributed by atoms with Crippen LogP contribution in [0.5, 0.6) is 0 Å². The van der Waals surface area contributed by atoms with E-state index < -0.39 is 97.5 Å². The SMILES string of the molecule is CCCCCCCCCCCCCCCCCCCCCCCC(=O)OC[C@H](COP(=O)(O)OC[C@@H](O)COP(=O)(O)OC[C@@H](COC(=O)CCCCCCCCC(C)C)OC(=O)CCCCCCCCCCCCC)OC(=O)CCCCCCCCCCCCCCCCCCCCC(C)CC. The Morgan fingerprint density at radius 3 is 0.738 bits per heavy atom. The summed E-state index contributed by atoms with van der Waals surface area (Å²) in [7, 11) is -9.92. The number of aliphatic hydroxyl groups is 1. The molecule has 3 unspecified atom stereocenters. The molecule has 19 heteroatoms. The fraction of sp³-hybridized carbons (Fsp3) is 0.952. The highest BCUT2D eigenvalue weighted by Gasteiger charge is 2.30.